The number of hydrogen-bond donors (Lipinski definition) is 0. The number of fused-ring (bicyclic) bond motifs is 2. The van der Waals surface area contributed by atoms with Crippen molar-refractivity contribution in [1.82, 2.24) is 50.2 Å². The van der Waals surface area contributed by atoms with E-state index in [9.17, 15) is 17.6 Å². The minimum absolute atomic E-state index is 0.120. The predicted octanol–water partition coefficient (Wildman–Crippen LogP) is 5.18. The SMILES string of the molecule is CN(C)c1ccc(CN2CCn3nnnc3C2c2ccccc2F)cc1.Fc1ccc(F)c(CN2CCn3nnnc3C2c2ccccc2F)c1. The molecule has 6 aromatic rings. The van der Waals surface area contributed by atoms with Crippen molar-refractivity contribution in [1.29, 1.82) is 0 Å². The highest BCUT2D eigenvalue weighted by Crippen LogP contribution is 2.34. The van der Waals surface area contributed by atoms with Crippen molar-refractivity contribution < 1.29 is 17.6 Å². The highest BCUT2D eigenvalue weighted by atomic mass is 19.1. The third kappa shape index (κ3) is 7.21. The maximum absolute atomic E-state index is 14.5. The summed E-state index contributed by atoms with van der Waals surface area (Å²) in [5, 5.41) is 23.6. The summed E-state index contributed by atoms with van der Waals surface area (Å²) in [7, 11) is 4.04. The molecule has 2 aromatic heterocycles. The summed E-state index contributed by atoms with van der Waals surface area (Å²) in [5.74, 6) is -0.477. The Hall–Kier alpha value is -5.54. The zero-order valence-electron chi connectivity index (χ0n) is 28.0. The first-order chi connectivity index (χ1) is 24.8. The van der Waals surface area contributed by atoms with Crippen molar-refractivity contribution in [3.05, 3.63) is 148 Å². The second-order valence-electron chi connectivity index (χ2n) is 12.6. The third-order valence-corrected chi connectivity index (χ3v) is 9.16. The maximum atomic E-state index is 14.5. The topological polar surface area (TPSA) is 96.9 Å². The van der Waals surface area contributed by atoms with Crippen LogP contribution in [0.4, 0.5) is 23.2 Å². The number of halogens is 4. The average Bonchev–Trinajstić information content (AvgIpc) is 3.81. The van der Waals surface area contributed by atoms with Crippen LogP contribution in [0.1, 0.15) is 46.0 Å². The van der Waals surface area contributed by atoms with E-state index in [1.165, 1.54) is 17.7 Å². The van der Waals surface area contributed by atoms with Crippen LogP contribution in [-0.4, -0.2) is 77.4 Å². The molecule has 262 valence electrons. The molecule has 2 aliphatic rings. The van der Waals surface area contributed by atoms with Crippen LogP contribution in [0.2, 0.25) is 0 Å². The first-order valence-corrected chi connectivity index (χ1v) is 16.5. The lowest BCUT2D eigenvalue weighted by Crippen LogP contribution is -2.39. The predicted molar refractivity (Wildman–Crippen MR) is 180 cm³/mol. The quantitative estimate of drug-likeness (QED) is 0.209. The van der Waals surface area contributed by atoms with E-state index in [0.717, 1.165) is 30.4 Å². The van der Waals surface area contributed by atoms with E-state index in [4.69, 9.17) is 0 Å². The van der Waals surface area contributed by atoms with Gasteiger partial charge in [0.25, 0.3) is 0 Å². The normalized spacial score (nSPS) is 17.3. The fourth-order valence-electron chi connectivity index (χ4n) is 6.59. The second kappa shape index (κ2) is 14.7. The van der Waals surface area contributed by atoms with E-state index in [1.54, 1.807) is 33.6 Å². The Morgan fingerprint density at radius 2 is 1.14 bits per heavy atom. The van der Waals surface area contributed by atoms with E-state index in [0.29, 0.717) is 49.0 Å². The van der Waals surface area contributed by atoms with Crippen LogP contribution in [0.5, 0.6) is 0 Å². The summed E-state index contributed by atoms with van der Waals surface area (Å²) in [6, 6.07) is 24.1. The first kappa shape index (κ1) is 33.9. The van der Waals surface area contributed by atoms with E-state index >= 15 is 0 Å². The third-order valence-electron chi connectivity index (χ3n) is 9.16. The Morgan fingerprint density at radius 3 is 1.67 bits per heavy atom. The molecule has 0 amide bonds. The van der Waals surface area contributed by atoms with E-state index in [1.807, 2.05) is 31.1 Å². The molecule has 0 radical (unpaired) electrons. The van der Waals surface area contributed by atoms with Crippen molar-refractivity contribution in [3.8, 4) is 0 Å². The lowest BCUT2D eigenvalue weighted by atomic mass is 10.0. The van der Waals surface area contributed by atoms with Crippen LogP contribution in [0.25, 0.3) is 0 Å². The summed E-state index contributed by atoms with van der Waals surface area (Å²) in [4.78, 5) is 6.15. The van der Waals surface area contributed by atoms with E-state index < -0.39 is 23.5 Å². The second-order valence-corrected chi connectivity index (χ2v) is 12.6. The Balaban J connectivity index is 0.000000159. The van der Waals surface area contributed by atoms with Gasteiger partial charge in [-0.1, -0.05) is 48.5 Å². The summed E-state index contributed by atoms with van der Waals surface area (Å²) in [6.45, 7) is 3.25. The number of hydrogen-bond acceptors (Lipinski definition) is 9. The molecule has 0 spiro atoms. The van der Waals surface area contributed by atoms with Gasteiger partial charge in [-0.3, -0.25) is 9.80 Å². The molecule has 2 unspecified atom stereocenters. The van der Waals surface area contributed by atoms with Gasteiger partial charge in [-0.15, -0.1) is 10.2 Å². The van der Waals surface area contributed by atoms with Crippen molar-refractivity contribution in [2.24, 2.45) is 0 Å². The molecule has 8 rings (SSSR count). The van der Waals surface area contributed by atoms with E-state index in [-0.39, 0.29) is 24.0 Å². The fraction of sp³-hybridized carbons (Fsp3) is 0.278. The summed E-state index contributed by atoms with van der Waals surface area (Å²) in [5.41, 5.74) is 3.55. The zero-order valence-corrected chi connectivity index (χ0v) is 28.0. The molecular weight excluding hydrogens is 662 g/mol. The summed E-state index contributed by atoms with van der Waals surface area (Å²) >= 11 is 0. The fourth-order valence-corrected chi connectivity index (χ4v) is 6.59. The Bertz CT molecular complexity index is 2100. The van der Waals surface area contributed by atoms with Crippen LogP contribution < -0.4 is 4.90 Å². The molecule has 0 bridgehead atoms. The largest absolute Gasteiger partial charge is 0.378 e. The van der Waals surface area contributed by atoms with Crippen LogP contribution in [0, 0.1) is 23.3 Å². The van der Waals surface area contributed by atoms with Gasteiger partial charge in [0.1, 0.15) is 35.4 Å². The molecule has 2 aliphatic heterocycles. The van der Waals surface area contributed by atoms with Gasteiger partial charge >= 0.3 is 0 Å². The van der Waals surface area contributed by atoms with Gasteiger partial charge in [-0.25, -0.2) is 26.9 Å². The molecule has 51 heavy (non-hydrogen) atoms. The molecule has 15 heteroatoms. The minimum atomic E-state index is -0.576. The number of rotatable bonds is 7. The monoisotopic (exact) mass is 697 g/mol. The van der Waals surface area contributed by atoms with Gasteiger partial charge in [0.2, 0.25) is 0 Å². The van der Waals surface area contributed by atoms with Crippen LogP contribution in [0.3, 0.4) is 0 Å². The number of aromatic nitrogens is 8. The minimum Gasteiger partial charge on any atom is -0.378 e. The molecule has 0 saturated carbocycles. The number of tetrazole rings is 2. The lowest BCUT2D eigenvalue weighted by Gasteiger charge is -2.35. The Labute approximate surface area is 291 Å². The van der Waals surface area contributed by atoms with Crippen molar-refractivity contribution >= 4 is 5.69 Å². The first-order valence-electron chi connectivity index (χ1n) is 16.5. The van der Waals surface area contributed by atoms with E-state index in [2.05, 4.69) is 65.1 Å². The zero-order chi connectivity index (χ0) is 35.5. The summed E-state index contributed by atoms with van der Waals surface area (Å²) < 4.78 is 59.8. The number of nitrogens with zero attached hydrogens (tertiary/aromatic N) is 11. The van der Waals surface area contributed by atoms with Gasteiger partial charge in [0.15, 0.2) is 11.6 Å². The Kier molecular flexibility index (Phi) is 9.81. The maximum Gasteiger partial charge on any atom is 0.173 e. The van der Waals surface area contributed by atoms with Crippen LogP contribution in [-0.2, 0) is 26.2 Å². The molecule has 2 atom stereocenters. The van der Waals surface area contributed by atoms with Gasteiger partial charge in [-0.2, -0.15) is 0 Å². The molecule has 0 N–H and O–H groups in total. The molecule has 0 fully saturated rings. The van der Waals surface area contributed by atoms with Crippen molar-refractivity contribution in [2.75, 3.05) is 32.1 Å². The van der Waals surface area contributed by atoms with Gasteiger partial charge in [0.05, 0.1) is 13.1 Å². The number of anilines is 1. The summed E-state index contributed by atoms with van der Waals surface area (Å²) in [6.07, 6.45) is 0. The highest BCUT2D eigenvalue weighted by molar-refractivity contribution is 5.46. The highest BCUT2D eigenvalue weighted by Gasteiger charge is 2.35. The smallest absolute Gasteiger partial charge is 0.173 e. The van der Waals surface area contributed by atoms with Crippen LogP contribution >= 0.6 is 0 Å². The van der Waals surface area contributed by atoms with Crippen molar-refractivity contribution in [3.63, 3.8) is 0 Å². The van der Waals surface area contributed by atoms with Gasteiger partial charge < -0.3 is 4.90 Å². The average molecular weight is 698 g/mol. The Morgan fingerprint density at radius 1 is 0.608 bits per heavy atom. The molecule has 4 heterocycles. The van der Waals surface area contributed by atoms with Crippen LogP contribution in [0.15, 0.2) is 91.0 Å². The molecule has 0 aliphatic carbocycles. The standard InChI is InChI=1S/C19H21FN6.C17H14F3N5/c1-24(2)15-9-7-14(8-10-15)13-25-11-12-26-19(21-22-23-26)18(25)16-5-3-4-6-17(16)20;18-12-5-6-14(19)11(9-12)10-24-7-8-25-17(21-22-23-25)16(24)13-3-1-2-4-15(13)20/h3-10,18H,11-13H2,1-2H3;1-6,9,16H,7-8,10H2. The molecular formula is C36H35F4N11. The van der Waals surface area contributed by atoms with Gasteiger partial charge in [0, 0.05) is 62.7 Å². The van der Waals surface area contributed by atoms with Gasteiger partial charge in [-0.05, 0) is 68.9 Å². The lowest BCUT2D eigenvalue weighted by molar-refractivity contribution is 0.159. The molecule has 4 aromatic carbocycles. The molecule has 0 saturated heterocycles. The number of benzene rings is 4. The molecule has 11 nitrogen and oxygen atoms in total. The van der Waals surface area contributed by atoms with Crippen molar-refractivity contribution in [2.45, 2.75) is 38.3 Å².